The Hall–Kier alpha value is -1.61. The normalized spacial score (nSPS) is 11.2. The van der Waals surface area contributed by atoms with Crippen molar-refractivity contribution in [3.63, 3.8) is 0 Å². The summed E-state index contributed by atoms with van der Waals surface area (Å²) in [5.41, 5.74) is 1.37. The average Bonchev–Trinajstić information content (AvgIpc) is 2.67. The van der Waals surface area contributed by atoms with E-state index in [2.05, 4.69) is 5.32 Å². The third-order valence-electron chi connectivity index (χ3n) is 3.96. The Bertz CT molecular complexity index is 954. The van der Waals surface area contributed by atoms with Crippen LogP contribution >= 0.6 is 35.0 Å². The number of anilines is 1. The number of sulfonamides is 1. The number of amides is 1. The van der Waals surface area contributed by atoms with Crippen LogP contribution in [0, 0.1) is 0 Å². The van der Waals surface area contributed by atoms with Crippen molar-refractivity contribution in [3.8, 4) is 5.75 Å². The van der Waals surface area contributed by atoms with Gasteiger partial charge in [-0.2, -0.15) is 11.8 Å². The molecule has 6 nitrogen and oxygen atoms in total. The van der Waals surface area contributed by atoms with E-state index in [9.17, 15) is 13.2 Å². The first-order chi connectivity index (χ1) is 14.2. The largest absolute Gasteiger partial charge is 0.494 e. The van der Waals surface area contributed by atoms with Crippen LogP contribution < -0.4 is 14.4 Å². The lowest BCUT2D eigenvalue weighted by Gasteiger charge is -2.22. The van der Waals surface area contributed by atoms with E-state index in [-0.39, 0.29) is 12.5 Å². The second-order valence-electron chi connectivity index (χ2n) is 6.33. The van der Waals surface area contributed by atoms with Crippen molar-refractivity contribution in [2.75, 3.05) is 36.0 Å². The number of halogens is 2. The van der Waals surface area contributed by atoms with Gasteiger partial charge in [-0.25, -0.2) is 8.42 Å². The summed E-state index contributed by atoms with van der Waals surface area (Å²) in [6.45, 7) is 2.50. The summed E-state index contributed by atoms with van der Waals surface area (Å²) < 4.78 is 30.7. The lowest BCUT2D eigenvalue weighted by atomic mass is 10.2. The molecular formula is C20H24Cl2N2O4S2. The molecule has 0 aliphatic heterocycles. The smallest absolute Gasteiger partial charge is 0.240 e. The van der Waals surface area contributed by atoms with E-state index >= 15 is 0 Å². The van der Waals surface area contributed by atoms with Gasteiger partial charge in [-0.15, -0.1) is 0 Å². The molecule has 10 heteroatoms. The van der Waals surface area contributed by atoms with Crippen LogP contribution in [0.2, 0.25) is 10.0 Å². The highest BCUT2D eigenvalue weighted by molar-refractivity contribution is 7.98. The summed E-state index contributed by atoms with van der Waals surface area (Å²) in [5.74, 6) is 1.61. The van der Waals surface area contributed by atoms with Crippen molar-refractivity contribution < 1.29 is 17.9 Å². The molecular weight excluding hydrogens is 467 g/mol. The van der Waals surface area contributed by atoms with Crippen molar-refractivity contribution in [3.05, 3.63) is 58.1 Å². The lowest BCUT2D eigenvalue weighted by molar-refractivity contribution is -0.119. The molecule has 0 unspecified atom stereocenters. The fourth-order valence-electron chi connectivity index (χ4n) is 2.55. The molecule has 0 aliphatic rings. The lowest BCUT2D eigenvalue weighted by Crippen LogP contribution is -2.41. The van der Waals surface area contributed by atoms with Crippen LogP contribution in [0.4, 0.5) is 5.69 Å². The van der Waals surface area contributed by atoms with E-state index in [0.29, 0.717) is 46.1 Å². The molecule has 0 atom stereocenters. The van der Waals surface area contributed by atoms with Gasteiger partial charge in [0, 0.05) is 28.1 Å². The molecule has 1 N–H and O–H groups in total. The van der Waals surface area contributed by atoms with Gasteiger partial charge in [0.25, 0.3) is 0 Å². The topological polar surface area (TPSA) is 75.7 Å². The maximum atomic E-state index is 12.3. The second kappa shape index (κ2) is 11.7. The van der Waals surface area contributed by atoms with Crippen molar-refractivity contribution >= 4 is 56.6 Å². The molecule has 30 heavy (non-hydrogen) atoms. The van der Waals surface area contributed by atoms with Gasteiger partial charge >= 0.3 is 0 Å². The SMILES string of the molecule is CCOc1ccc(N(CC(=O)NCCSCc2ccc(Cl)cc2Cl)S(C)(=O)=O)cc1. The van der Waals surface area contributed by atoms with Gasteiger partial charge in [-0.05, 0) is 48.9 Å². The van der Waals surface area contributed by atoms with Gasteiger partial charge in [-0.1, -0.05) is 29.3 Å². The number of rotatable bonds is 11. The minimum absolute atomic E-state index is 0.291. The van der Waals surface area contributed by atoms with Crippen molar-refractivity contribution in [1.29, 1.82) is 0 Å². The van der Waals surface area contributed by atoms with Crippen LogP contribution in [0.3, 0.4) is 0 Å². The standard InChI is InChI=1S/C20H24Cl2N2O4S2/c1-3-28-18-8-6-17(7-9-18)24(30(2,26)27)13-20(25)23-10-11-29-14-15-4-5-16(21)12-19(15)22/h4-9,12H,3,10-11,13-14H2,1-2H3,(H,23,25). The molecule has 2 aromatic carbocycles. The van der Waals surface area contributed by atoms with Crippen molar-refractivity contribution in [1.82, 2.24) is 5.32 Å². The number of nitrogens with zero attached hydrogens (tertiary/aromatic N) is 1. The molecule has 2 aromatic rings. The minimum atomic E-state index is -3.62. The monoisotopic (exact) mass is 490 g/mol. The first kappa shape index (κ1) is 24.7. The number of ether oxygens (including phenoxy) is 1. The Balaban J connectivity index is 1.84. The highest BCUT2D eigenvalue weighted by Crippen LogP contribution is 2.24. The summed E-state index contributed by atoms with van der Waals surface area (Å²) in [6.07, 6.45) is 1.07. The van der Waals surface area contributed by atoms with Crippen LogP contribution in [0.1, 0.15) is 12.5 Å². The predicted molar refractivity (Wildman–Crippen MR) is 125 cm³/mol. The summed E-state index contributed by atoms with van der Waals surface area (Å²) in [7, 11) is -3.62. The Morgan fingerprint density at radius 2 is 1.87 bits per heavy atom. The summed E-state index contributed by atoms with van der Waals surface area (Å²) in [6, 6.07) is 11.9. The third-order valence-corrected chi connectivity index (χ3v) is 6.70. The average molecular weight is 491 g/mol. The molecule has 0 heterocycles. The van der Waals surface area contributed by atoms with Crippen LogP contribution in [-0.2, 0) is 20.6 Å². The second-order valence-corrected chi connectivity index (χ2v) is 10.2. The molecule has 0 spiro atoms. The Morgan fingerprint density at radius 1 is 1.17 bits per heavy atom. The Labute approximate surface area is 191 Å². The first-order valence-electron chi connectivity index (χ1n) is 9.19. The molecule has 0 saturated carbocycles. The number of carbonyl (C=O) groups is 1. The molecule has 0 radical (unpaired) electrons. The summed E-state index contributed by atoms with van der Waals surface area (Å²) >= 11 is 13.6. The number of benzene rings is 2. The van der Waals surface area contributed by atoms with E-state index in [1.165, 1.54) is 0 Å². The fourth-order valence-corrected chi connectivity index (χ4v) is 4.82. The maximum Gasteiger partial charge on any atom is 0.240 e. The summed E-state index contributed by atoms with van der Waals surface area (Å²) in [4.78, 5) is 12.3. The molecule has 1 amide bonds. The van der Waals surface area contributed by atoms with Gasteiger partial charge < -0.3 is 10.1 Å². The van der Waals surface area contributed by atoms with Crippen LogP contribution in [0.15, 0.2) is 42.5 Å². The van der Waals surface area contributed by atoms with E-state index < -0.39 is 10.0 Å². The fraction of sp³-hybridized carbons (Fsp3) is 0.350. The summed E-state index contributed by atoms with van der Waals surface area (Å²) in [5, 5.41) is 3.95. The molecule has 164 valence electrons. The Kier molecular flexibility index (Phi) is 9.61. The zero-order valence-corrected chi connectivity index (χ0v) is 19.9. The molecule has 0 aromatic heterocycles. The zero-order valence-electron chi connectivity index (χ0n) is 16.7. The molecule has 0 aliphatic carbocycles. The molecule has 0 bridgehead atoms. The number of thioether (sulfide) groups is 1. The van der Waals surface area contributed by atoms with Gasteiger partial charge in [0.2, 0.25) is 15.9 Å². The number of hydrogen-bond donors (Lipinski definition) is 1. The zero-order chi connectivity index (χ0) is 22.1. The van der Waals surface area contributed by atoms with Crippen LogP contribution in [0.5, 0.6) is 5.75 Å². The Morgan fingerprint density at radius 3 is 2.47 bits per heavy atom. The van der Waals surface area contributed by atoms with Gasteiger partial charge in [0.05, 0.1) is 18.6 Å². The maximum absolute atomic E-state index is 12.3. The molecule has 2 rings (SSSR count). The van der Waals surface area contributed by atoms with Crippen LogP contribution in [0.25, 0.3) is 0 Å². The highest BCUT2D eigenvalue weighted by Gasteiger charge is 2.20. The number of carbonyl (C=O) groups excluding carboxylic acids is 1. The van der Waals surface area contributed by atoms with Gasteiger partial charge in [0.1, 0.15) is 12.3 Å². The molecule has 0 fully saturated rings. The number of hydrogen-bond acceptors (Lipinski definition) is 5. The van der Waals surface area contributed by atoms with Gasteiger partial charge in [0.15, 0.2) is 0 Å². The number of nitrogens with one attached hydrogen (secondary N) is 1. The van der Waals surface area contributed by atoms with E-state index in [1.807, 2.05) is 13.0 Å². The molecule has 0 saturated heterocycles. The van der Waals surface area contributed by atoms with E-state index in [1.54, 1.807) is 48.2 Å². The third kappa shape index (κ3) is 7.91. The van der Waals surface area contributed by atoms with E-state index in [4.69, 9.17) is 27.9 Å². The minimum Gasteiger partial charge on any atom is -0.494 e. The van der Waals surface area contributed by atoms with E-state index in [0.717, 1.165) is 16.1 Å². The highest BCUT2D eigenvalue weighted by atomic mass is 35.5. The quantitative estimate of drug-likeness (QED) is 0.477. The van der Waals surface area contributed by atoms with Gasteiger partial charge in [-0.3, -0.25) is 9.10 Å². The van der Waals surface area contributed by atoms with Crippen LogP contribution in [-0.4, -0.2) is 46.0 Å². The van der Waals surface area contributed by atoms with Crippen molar-refractivity contribution in [2.24, 2.45) is 0 Å². The first-order valence-corrected chi connectivity index (χ1v) is 13.0. The van der Waals surface area contributed by atoms with Crippen molar-refractivity contribution in [2.45, 2.75) is 12.7 Å². The predicted octanol–water partition coefficient (Wildman–Crippen LogP) is 4.21.